The smallest absolute Gasteiger partial charge is 0.131 e. The summed E-state index contributed by atoms with van der Waals surface area (Å²) in [5, 5.41) is 8.99. The Hall–Kier alpha value is -1.26. The van der Waals surface area contributed by atoms with Crippen molar-refractivity contribution in [1.82, 2.24) is 0 Å². The van der Waals surface area contributed by atoms with Crippen LogP contribution in [-0.4, -0.2) is 24.1 Å². The van der Waals surface area contributed by atoms with Gasteiger partial charge in [0.05, 0.1) is 24.7 Å². The van der Waals surface area contributed by atoms with Gasteiger partial charge in [0.15, 0.2) is 0 Å². The van der Waals surface area contributed by atoms with Gasteiger partial charge in [-0.05, 0) is 18.9 Å². The average Bonchev–Trinajstić information content (AvgIpc) is 2.35. The van der Waals surface area contributed by atoms with Crippen molar-refractivity contribution in [3.05, 3.63) is 35.1 Å². The van der Waals surface area contributed by atoms with Crippen molar-refractivity contribution < 1.29 is 19.0 Å². The van der Waals surface area contributed by atoms with E-state index in [0.717, 1.165) is 6.29 Å². The molecule has 1 fully saturated rings. The van der Waals surface area contributed by atoms with Gasteiger partial charge in [-0.2, -0.15) is 0 Å². The SMILES string of the molecule is CC1OCC1(C=O)Cc1cccc(CO)c1F. The molecule has 17 heavy (non-hydrogen) atoms. The predicted octanol–water partition coefficient (Wildman–Crippen LogP) is 1.46. The van der Waals surface area contributed by atoms with E-state index in [1.54, 1.807) is 12.1 Å². The third-order valence-corrected chi connectivity index (χ3v) is 3.49. The molecule has 0 saturated carbocycles. The fourth-order valence-corrected chi connectivity index (χ4v) is 2.08. The van der Waals surface area contributed by atoms with E-state index in [1.165, 1.54) is 6.07 Å². The van der Waals surface area contributed by atoms with E-state index >= 15 is 0 Å². The molecule has 1 N–H and O–H groups in total. The standard InChI is InChI=1S/C13H15FO3/c1-9-13(7-16,8-17-9)5-10-3-2-4-11(6-15)12(10)14/h2-4,7,9,15H,5-6,8H2,1H3. The summed E-state index contributed by atoms with van der Waals surface area (Å²) < 4.78 is 19.1. The summed E-state index contributed by atoms with van der Waals surface area (Å²) in [6.07, 6.45) is 0.987. The predicted molar refractivity (Wildman–Crippen MR) is 59.9 cm³/mol. The maximum atomic E-state index is 13.9. The highest BCUT2D eigenvalue weighted by atomic mass is 19.1. The molecule has 1 aromatic carbocycles. The van der Waals surface area contributed by atoms with Crippen molar-refractivity contribution in [3.63, 3.8) is 0 Å². The van der Waals surface area contributed by atoms with Crippen molar-refractivity contribution in [1.29, 1.82) is 0 Å². The number of carbonyl (C=O) groups is 1. The highest BCUT2D eigenvalue weighted by Gasteiger charge is 2.46. The van der Waals surface area contributed by atoms with Gasteiger partial charge in [0.25, 0.3) is 0 Å². The topological polar surface area (TPSA) is 46.5 Å². The van der Waals surface area contributed by atoms with Gasteiger partial charge in [-0.25, -0.2) is 4.39 Å². The molecule has 0 radical (unpaired) electrons. The lowest BCUT2D eigenvalue weighted by atomic mass is 9.75. The van der Waals surface area contributed by atoms with Crippen LogP contribution < -0.4 is 0 Å². The van der Waals surface area contributed by atoms with Gasteiger partial charge in [0.2, 0.25) is 0 Å². The number of rotatable bonds is 4. The first-order chi connectivity index (χ1) is 8.13. The summed E-state index contributed by atoms with van der Waals surface area (Å²) in [6.45, 7) is 1.81. The van der Waals surface area contributed by atoms with Gasteiger partial charge >= 0.3 is 0 Å². The number of aldehydes is 1. The molecule has 0 bridgehead atoms. The number of hydrogen-bond acceptors (Lipinski definition) is 3. The van der Waals surface area contributed by atoms with Crippen LogP contribution in [0.5, 0.6) is 0 Å². The molecule has 0 spiro atoms. The van der Waals surface area contributed by atoms with E-state index in [9.17, 15) is 9.18 Å². The van der Waals surface area contributed by atoms with Crippen molar-refractivity contribution >= 4 is 6.29 Å². The maximum Gasteiger partial charge on any atom is 0.131 e. The molecule has 2 rings (SSSR count). The molecular weight excluding hydrogens is 223 g/mol. The van der Waals surface area contributed by atoms with Crippen LogP contribution in [0.1, 0.15) is 18.1 Å². The first kappa shape index (κ1) is 12.2. The third-order valence-electron chi connectivity index (χ3n) is 3.49. The van der Waals surface area contributed by atoms with Crippen LogP contribution in [0.3, 0.4) is 0 Å². The summed E-state index contributed by atoms with van der Waals surface area (Å²) in [6, 6.07) is 4.87. The Morgan fingerprint density at radius 1 is 1.59 bits per heavy atom. The minimum atomic E-state index is -0.616. The lowest BCUT2D eigenvalue weighted by molar-refractivity contribution is -0.176. The molecule has 1 aliphatic rings. The zero-order chi connectivity index (χ0) is 12.5. The molecule has 4 heteroatoms. The monoisotopic (exact) mass is 238 g/mol. The fourth-order valence-electron chi connectivity index (χ4n) is 2.08. The second-order valence-electron chi connectivity index (χ2n) is 4.53. The van der Waals surface area contributed by atoms with Crippen LogP contribution in [-0.2, 0) is 22.6 Å². The van der Waals surface area contributed by atoms with Gasteiger partial charge in [-0.1, -0.05) is 18.2 Å². The van der Waals surface area contributed by atoms with Gasteiger partial charge in [-0.15, -0.1) is 0 Å². The van der Waals surface area contributed by atoms with Crippen molar-refractivity contribution in [2.75, 3.05) is 6.61 Å². The molecule has 0 aromatic heterocycles. The first-order valence-corrected chi connectivity index (χ1v) is 5.58. The normalized spacial score (nSPS) is 27.6. The quantitative estimate of drug-likeness (QED) is 0.808. The lowest BCUT2D eigenvalue weighted by Crippen LogP contribution is -2.53. The Labute approximate surface area is 99.2 Å². The number of hydrogen-bond donors (Lipinski definition) is 1. The number of halogens is 1. The Bertz CT molecular complexity index is 433. The van der Waals surface area contributed by atoms with E-state index in [-0.39, 0.29) is 18.3 Å². The number of ether oxygens (including phenoxy) is 1. The number of aliphatic hydroxyl groups excluding tert-OH is 1. The van der Waals surface area contributed by atoms with E-state index in [4.69, 9.17) is 9.84 Å². The van der Waals surface area contributed by atoms with E-state index in [0.29, 0.717) is 18.6 Å². The van der Waals surface area contributed by atoms with Crippen LogP contribution >= 0.6 is 0 Å². The largest absolute Gasteiger partial charge is 0.392 e. The second-order valence-corrected chi connectivity index (χ2v) is 4.53. The van der Waals surface area contributed by atoms with Gasteiger partial charge in [-0.3, -0.25) is 0 Å². The summed E-state index contributed by atoms with van der Waals surface area (Å²) in [5.74, 6) is -0.421. The van der Waals surface area contributed by atoms with Crippen LogP contribution in [0.25, 0.3) is 0 Å². The zero-order valence-corrected chi connectivity index (χ0v) is 9.65. The van der Waals surface area contributed by atoms with Gasteiger partial charge in [0, 0.05) is 5.56 Å². The van der Waals surface area contributed by atoms with Gasteiger partial charge in [0.1, 0.15) is 12.1 Å². The van der Waals surface area contributed by atoms with Crippen LogP contribution in [0.2, 0.25) is 0 Å². The van der Waals surface area contributed by atoms with E-state index in [2.05, 4.69) is 0 Å². The van der Waals surface area contributed by atoms with Crippen LogP contribution in [0.15, 0.2) is 18.2 Å². The van der Waals surface area contributed by atoms with Crippen LogP contribution in [0.4, 0.5) is 4.39 Å². The Kier molecular flexibility index (Phi) is 3.26. The average molecular weight is 238 g/mol. The van der Waals surface area contributed by atoms with Crippen LogP contribution in [0, 0.1) is 11.2 Å². The van der Waals surface area contributed by atoms with Crippen molar-refractivity contribution in [2.45, 2.75) is 26.1 Å². The second kappa shape index (κ2) is 4.55. The Balaban J connectivity index is 2.27. The molecular formula is C13H15FO3. The maximum absolute atomic E-state index is 13.9. The summed E-state index contributed by atoms with van der Waals surface area (Å²) in [4.78, 5) is 11.1. The molecule has 2 unspecified atom stereocenters. The van der Waals surface area contributed by atoms with Crippen molar-refractivity contribution in [2.24, 2.45) is 5.41 Å². The number of aliphatic hydroxyl groups is 1. The summed E-state index contributed by atoms with van der Waals surface area (Å²) in [7, 11) is 0. The molecule has 1 aliphatic heterocycles. The lowest BCUT2D eigenvalue weighted by Gasteiger charge is -2.43. The number of benzene rings is 1. The van der Waals surface area contributed by atoms with Gasteiger partial charge < -0.3 is 14.6 Å². The molecule has 0 amide bonds. The highest BCUT2D eigenvalue weighted by Crippen LogP contribution is 2.37. The summed E-state index contributed by atoms with van der Waals surface area (Å²) >= 11 is 0. The molecule has 1 saturated heterocycles. The third kappa shape index (κ3) is 1.98. The molecule has 1 aromatic rings. The minimum absolute atomic E-state index is 0.183. The minimum Gasteiger partial charge on any atom is -0.392 e. The number of carbonyl (C=O) groups excluding carboxylic acids is 1. The molecule has 3 nitrogen and oxygen atoms in total. The molecule has 2 atom stereocenters. The molecule has 1 heterocycles. The molecule has 0 aliphatic carbocycles. The Morgan fingerprint density at radius 3 is 2.76 bits per heavy atom. The van der Waals surface area contributed by atoms with Crippen molar-refractivity contribution in [3.8, 4) is 0 Å². The summed E-state index contributed by atoms with van der Waals surface area (Å²) in [5.41, 5.74) is 0.102. The zero-order valence-electron chi connectivity index (χ0n) is 9.65. The first-order valence-electron chi connectivity index (χ1n) is 5.58. The fraction of sp³-hybridized carbons (Fsp3) is 0.462. The van der Waals surface area contributed by atoms with E-state index in [1.807, 2.05) is 6.92 Å². The highest BCUT2D eigenvalue weighted by molar-refractivity contribution is 5.63. The van der Waals surface area contributed by atoms with E-state index < -0.39 is 11.2 Å². The molecule has 92 valence electrons. The Morgan fingerprint density at radius 2 is 2.29 bits per heavy atom.